The predicted molar refractivity (Wildman–Crippen MR) is 83.2 cm³/mol. The van der Waals surface area contributed by atoms with E-state index in [4.69, 9.17) is 11.6 Å². The van der Waals surface area contributed by atoms with Gasteiger partial charge in [0, 0.05) is 19.1 Å². The van der Waals surface area contributed by atoms with Crippen LogP contribution in [0.4, 0.5) is 4.39 Å². The topological polar surface area (TPSA) is 32.3 Å². The van der Waals surface area contributed by atoms with Crippen LogP contribution in [0.25, 0.3) is 0 Å². The number of benzene rings is 1. The third-order valence-corrected chi connectivity index (χ3v) is 4.36. The van der Waals surface area contributed by atoms with E-state index in [0.717, 1.165) is 19.2 Å². The van der Waals surface area contributed by atoms with E-state index < -0.39 is 5.82 Å². The van der Waals surface area contributed by atoms with Crippen LogP contribution in [0.3, 0.4) is 0 Å². The highest BCUT2D eigenvalue weighted by atomic mass is 35.5. The molecule has 1 saturated heterocycles. The molecule has 1 aliphatic heterocycles. The number of likely N-dealkylation sites (tertiary alicyclic amines) is 1. The van der Waals surface area contributed by atoms with Gasteiger partial charge in [0.1, 0.15) is 5.82 Å². The highest BCUT2D eigenvalue weighted by Crippen LogP contribution is 2.18. The number of piperidine rings is 1. The van der Waals surface area contributed by atoms with Gasteiger partial charge in [-0.3, -0.25) is 9.69 Å². The number of nitrogens with one attached hydrogen (secondary N) is 1. The SMILES string of the molecule is C[C@@H]1CCCN([C@@H](C)CNC(=O)c2ccc(F)cc2Cl)C1. The number of halogens is 2. The Morgan fingerprint density at radius 3 is 3.00 bits per heavy atom. The van der Waals surface area contributed by atoms with Gasteiger partial charge in [0.05, 0.1) is 10.6 Å². The third kappa shape index (κ3) is 4.42. The molecule has 1 N–H and O–H groups in total. The van der Waals surface area contributed by atoms with Crippen molar-refractivity contribution in [1.82, 2.24) is 10.2 Å². The predicted octanol–water partition coefficient (Wildman–Crippen LogP) is 3.33. The maximum atomic E-state index is 13.0. The molecule has 5 heteroatoms. The van der Waals surface area contributed by atoms with Gasteiger partial charge in [0.15, 0.2) is 0 Å². The molecule has 1 amide bonds. The summed E-state index contributed by atoms with van der Waals surface area (Å²) in [6.07, 6.45) is 2.49. The van der Waals surface area contributed by atoms with Crippen LogP contribution in [0.5, 0.6) is 0 Å². The van der Waals surface area contributed by atoms with Crippen molar-refractivity contribution in [1.29, 1.82) is 0 Å². The van der Waals surface area contributed by atoms with Crippen LogP contribution < -0.4 is 5.32 Å². The van der Waals surface area contributed by atoms with Crippen LogP contribution in [0.15, 0.2) is 18.2 Å². The van der Waals surface area contributed by atoms with Crippen LogP contribution in [-0.4, -0.2) is 36.5 Å². The van der Waals surface area contributed by atoms with Crippen LogP contribution in [-0.2, 0) is 0 Å². The molecule has 0 unspecified atom stereocenters. The van der Waals surface area contributed by atoms with Gasteiger partial charge >= 0.3 is 0 Å². The Morgan fingerprint density at radius 1 is 1.57 bits per heavy atom. The normalized spacial score (nSPS) is 21.0. The van der Waals surface area contributed by atoms with Crippen molar-refractivity contribution in [2.24, 2.45) is 5.92 Å². The Labute approximate surface area is 130 Å². The second-order valence-corrected chi connectivity index (χ2v) is 6.33. The molecule has 116 valence electrons. The number of nitrogens with zero attached hydrogens (tertiary/aromatic N) is 1. The van der Waals surface area contributed by atoms with Crippen molar-refractivity contribution in [2.45, 2.75) is 32.7 Å². The van der Waals surface area contributed by atoms with Crippen molar-refractivity contribution in [3.05, 3.63) is 34.6 Å². The monoisotopic (exact) mass is 312 g/mol. The van der Waals surface area contributed by atoms with E-state index in [-0.39, 0.29) is 17.0 Å². The van der Waals surface area contributed by atoms with Gasteiger partial charge in [-0.05, 0) is 50.4 Å². The number of rotatable bonds is 4. The molecule has 1 aliphatic rings. The number of amides is 1. The lowest BCUT2D eigenvalue weighted by Gasteiger charge is -2.35. The molecular formula is C16H22ClFN2O. The van der Waals surface area contributed by atoms with E-state index in [1.807, 2.05) is 0 Å². The van der Waals surface area contributed by atoms with Crippen LogP contribution in [0, 0.1) is 11.7 Å². The maximum Gasteiger partial charge on any atom is 0.252 e. The molecule has 21 heavy (non-hydrogen) atoms. The average molecular weight is 313 g/mol. The zero-order valence-corrected chi connectivity index (χ0v) is 13.3. The fraction of sp³-hybridized carbons (Fsp3) is 0.562. The summed E-state index contributed by atoms with van der Waals surface area (Å²) < 4.78 is 13.0. The van der Waals surface area contributed by atoms with E-state index in [0.29, 0.717) is 18.0 Å². The fourth-order valence-corrected chi connectivity index (χ4v) is 3.02. The zero-order chi connectivity index (χ0) is 15.4. The zero-order valence-electron chi connectivity index (χ0n) is 12.5. The lowest BCUT2D eigenvalue weighted by atomic mass is 9.99. The number of hydrogen-bond donors (Lipinski definition) is 1. The van der Waals surface area contributed by atoms with Gasteiger partial charge in [0.2, 0.25) is 0 Å². The standard InChI is InChI=1S/C16H22ClFN2O/c1-11-4-3-7-20(10-11)12(2)9-19-16(21)14-6-5-13(18)8-15(14)17/h5-6,8,11-12H,3-4,7,9-10H2,1-2H3,(H,19,21)/t11-,12+/m1/s1. The number of hydrogen-bond acceptors (Lipinski definition) is 2. The molecular weight excluding hydrogens is 291 g/mol. The summed E-state index contributed by atoms with van der Waals surface area (Å²) in [5.41, 5.74) is 0.317. The summed E-state index contributed by atoms with van der Waals surface area (Å²) in [4.78, 5) is 14.5. The molecule has 0 bridgehead atoms. The lowest BCUT2D eigenvalue weighted by Crippen LogP contribution is -2.46. The van der Waals surface area contributed by atoms with E-state index in [9.17, 15) is 9.18 Å². The van der Waals surface area contributed by atoms with Gasteiger partial charge in [0.25, 0.3) is 5.91 Å². The minimum Gasteiger partial charge on any atom is -0.350 e. The minimum atomic E-state index is -0.438. The van der Waals surface area contributed by atoms with E-state index in [1.54, 1.807) is 0 Å². The minimum absolute atomic E-state index is 0.145. The summed E-state index contributed by atoms with van der Waals surface area (Å²) in [6, 6.07) is 4.11. The van der Waals surface area contributed by atoms with Crippen LogP contribution in [0.1, 0.15) is 37.0 Å². The summed E-state index contributed by atoms with van der Waals surface area (Å²) >= 11 is 5.90. The second-order valence-electron chi connectivity index (χ2n) is 5.93. The summed E-state index contributed by atoms with van der Waals surface area (Å²) in [5.74, 6) is 0.0209. The van der Waals surface area contributed by atoms with Gasteiger partial charge in [-0.1, -0.05) is 18.5 Å². The number of carbonyl (C=O) groups is 1. The molecule has 0 spiro atoms. The maximum absolute atomic E-state index is 13.0. The molecule has 1 heterocycles. The van der Waals surface area contributed by atoms with Gasteiger partial charge in [-0.2, -0.15) is 0 Å². The molecule has 0 aromatic heterocycles. The first kappa shape index (κ1) is 16.2. The van der Waals surface area contributed by atoms with Crippen molar-refractivity contribution in [3.63, 3.8) is 0 Å². The first-order chi connectivity index (χ1) is 9.97. The Bertz CT molecular complexity index is 509. The molecule has 2 rings (SSSR count). The Balaban J connectivity index is 1.88. The van der Waals surface area contributed by atoms with Gasteiger partial charge in [-0.15, -0.1) is 0 Å². The lowest BCUT2D eigenvalue weighted by molar-refractivity contribution is 0.0917. The van der Waals surface area contributed by atoms with Crippen molar-refractivity contribution < 1.29 is 9.18 Å². The van der Waals surface area contributed by atoms with Gasteiger partial charge in [-0.25, -0.2) is 4.39 Å². The molecule has 0 aliphatic carbocycles. The summed E-state index contributed by atoms with van der Waals surface area (Å²) in [6.45, 7) is 7.10. The highest BCUT2D eigenvalue weighted by Gasteiger charge is 2.21. The van der Waals surface area contributed by atoms with Gasteiger partial charge < -0.3 is 5.32 Å². The van der Waals surface area contributed by atoms with E-state index in [2.05, 4.69) is 24.1 Å². The first-order valence-electron chi connectivity index (χ1n) is 7.44. The third-order valence-electron chi connectivity index (χ3n) is 4.05. The van der Waals surface area contributed by atoms with E-state index in [1.165, 1.54) is 25.0 Å². The highest BCUT2D eigenvalue weighted by molar-refractivity contribution is 6.33. The molecule has 0 radical (unpaired) electrons. The van der Waals surface area contributed by atoms with Crippen molar-refractivity contribution in [2.75, 3.05) is 19.6 Å². The van der Waals surface area contributed by atoms with Crippen LogP contribution >= 0.6 is 11.6 Å². The Morgan fingerprint density at radius 2 is 2.33 bits per heavy atom. The van der Waals surface area contributed by atoms with Crippen molar-refractivity contribution >= 4 is 17.5 Å². The second kappa shape index (κ2) is 7.23. The molecule has 1 aromatic rings. The summed E-state index contributed by atoms with van der Waals surface area (Å²) in [5, 5.41) is 3.03. The molecule has 2 atom stereocenters. The Hall–Kier alpha value is -1.13. The first-order valence-corrected chi connectivity index (χ1v) is 7.82. The summed E-state index contributed by atoms with van der Waals surface area (Å²) in [7, 11) is 0. The van der Waals surface area contributed by atoms with Crippen molar-refractivity contribution in [3.8, 4) is 0 Å². The fourth-order valence-electron chi connectivity index (χ4n) is 2.76. The molecule has 1 fully saturated rings. The molecule has 0 saturated carbocycles. The van der Waals surface area contributed by atoms with Crippen LogP contribution in [0.2, 0.25) is 5.02 Å². The van der Waals surface area contributed by atoms with E-state index >= 15 is 0 Å². The smallest absolute Gasteiger partial charge is 0.252 e. The average Bonchev–Trinajstić information content (AvgIpc) is 2.44. The quantitative estimate of drug-likeness (QED) is 0.925. The Kier molecular flexibility index (Phi) is 5.59. The largest absolute Gasteiger partial charge is 0.350 e. The molecule has 1 aromatic carbocycles. The number of carbonyl (C=O) groups excluding carboxylic acids is 1. The molecule has 3 nitrogen and oxygen atoms in total.